The van der Waals surface area contributed by atoms with Crippen LogP contribution < -0.4 is 0 Å². The van der Waals surface area contributed by atoms with Gasteiger partial charge in [0.05, 0.1) is 12.0 Å². The Morgan fingerprint density at radius 1 is 1.30 bits per heavy atom. The first-order valence-electron chi connectivity index (χ1n) is 7.55. The van der Waals surface area contributed by atoms with E-state index in [1.807, 2.05) is 20.8 Å². The second-order valence-electron chi connectivity index (χ2n) is 6.30. The maximum atomic E-state index is 13.1. The maximum absolute atomic E-state index is 13.1. The number of rotatable bonds is 4. The lowest BCUT2D eigenvalue weighted by Crippen LogP contribution is -2.45. The van der Waals surface area contributed by atoms with E-state index in [9.17, 15) is 17.6 Å². The van der Waals surface area contributed by atoms with Crippen LogP contribution in [-0.4, -0.2) is 38.4 Å². The summed E-state index contributed by atoms with van der Waals surface area (Å²) in [5.41, 5.74) is 0. The van der Waals surface area contributed by atoms with Gasteiger partial charge in [0.25, 0.3) is 0 Å². The predicted molar refractivity (Wildman–Crippen MR) is 83.6 cm³/mol. The van der Waals surface area contributed by atoms with Crippen LogP contribution in [0.5, 0.6) is 0 Å². The van der Waals surface area contributed by atoms with E-state index in [4.69, 9.17) is 4.74 Å². The fourth-order valence-corrected chi connectivity index (χ4v) is 5.14. The molecule has 1 aromatic carbocycles. The zero-order chi connectivity index (χ0) is 17.4. The zero-order valence-corrected chi connectivity index (χ0v) is 14.5. The molecule has 0 saturated carbocycles. The Morgan fingerprint density at radius 3 is 2.35 bits per heavy atom. The van der Waals surface area contributed by atoms with Gasteiger partial charge >= 0.3 is 5.97 Å². The summed E-state index contributed by atoms with van der Waals surface area (Å²) in [5, 5.41) is 0. The minimum Gasteiger partial charge on any atom is -0.468 e. The number of ether oxygens (including phenoxy) is 1. The third kappa shape index (κ3) is 3.26. The number of benzene rings is 1. The van der Waals surface area contributed by atoms with E-state index >= 15 is 0 Å². The van der Waals surface area contributed by atoms with Crippen LogP contribution in [0.3, 0.4) is 0 Å². The van der Waals surface area contributed by atoms with Gasteiger partial charge in [-0.05, 0) is 42.0 Å². The number of halogens is 1. The molecule has 2 rings (SSSR count). The van der Waals surface area contributed by atoms with Crippen molar-refractivity contribution in [1.82, 2.24) is 4.31 Å². The molecule has 128 valence electrons. The molecule has 0 aromatic heterocycles. The summed E-state index contributed by atoms with van der Waals surface area (Å²) in [7, 11) is -2.64. The van der Waals surface area contributed by atoms with Crippen molar-refractivity contribution in [2.75, 3.05) is 13.7 Å². The number of methoxy groups -OCH3 is 1. The lowest BCUT2D eigenvalue weighted by molar-refractivity contribution is -0.146. The molecule has 3 atom stereocenters. The number of carbonyl (C=O) groups excluding carboxylic acids is 1. The fraction of sp³-hybridized carbons (Fsp3) is 0.562. The quantitative estimate of drug-likeness (QED) is 0.787. The Balaban J connectivity index is 2.47. The predicted octanol–water partition coefficient (Wildman–Crippen LogP) is 2.28. The Labute approximate surface area is 136 Å². The Bertz CT molecular complexity index is 672. The van der Waals surface area contributed by atoms with Crippen LogP contribution in [0.2, 0.25) is 0 Å². The van der Waals surface area contributed by atoms with Crippen LogP contribution in [0, 0.1) is 23.6 Å². The Hall–Kier alpha value is -1.47. The average molecular weight is 343 g/mol. The van der Waals surface area contributed by atoms with Crippen molar-refractivity contribution in [2.45, 2.75) is 31.7 Å². The van der Waals surface area contributed by atoms with Crippen LogP contribution in [-0.2, 0) is 19.6 Å². The highest BCUT2D eigenvalue weighted by molar-refractivity contribution is 7.89. The molecule has 1 aliphatic rings. The van der Waals surface area contributed by atoms with Gasteiger partial charge in [-0.2, -0.15) is 4.31 Å². The standard InChI is InChI=1S/C16H22FNO4S/c1-10(2)14-11(3)9-18(15(14)16(19)22-4)23(20,21)13-7-5-12(17)6-8-13/h5-8,10-11,14-15H,9H2,1-4H3/t11-,14-,15-/m0/s1. The molecule has 1 heterocycles. The van der Waals surface area contributed by atoms with E-state index in [-0.39, 0.29) is 29.2 Å². The fourth-order valence-electron chi connectivity index (χ4n) is 3.43. The van der Waals surface area contributed by atoms with Gasteiger partial charge in [-0.15, -0.1) is 0 Å². The molecule has 0 amide bonds. The molecule has 1 fully saturated rings. The van der Waals surface area contributed by atoms with Crippen molar-refractivity contribution in [3.63, 3.8) is 0 Å². The first kappa shape index (κ1) is 17.9. The van der Waals surface area contributed by atoms with Gasteiger partial charge in [0.15, 0.2) is 0 Å². The maximum Gasteiger partial charge on any atom is 0.324 e. The number of hydrogen-bond donors (Lipinski definition) is 0. The van der Waals surface area contributed by atoms with Gasteiger partial charge in [-0.1, -0.05) is 20.8 Å². The molecule has 7 heteroatoms. The molecule has 1 aliphatic heterocycles. The van der Waals surface area contributed by atoms with E-state index < -0.39 is 27.9 Å². The normalized spacial score (nSPS) is 25.7. The highest BCUT2D eigenvalue weighted by Crippen LogP contribution is 2.39. The summed E-state index contributed by atoms with van der Waals surface area (Å²) in [5.74, 6) is -1.04. The van der Waals surface area contributed by atoms with Crippen molar-refractivity contribution in [2.24, 2.45) is 17.8 Å². The molecule has 0 aliphatic carbocycles. The first-order chi connectivity index (χ1) is 10.7. The molecule has 0 unspecified atom stereocenters. The summed E-state index contributed by atoms with van der Waals surface area (Å²) in [4.78, 5) is 12.2. The summed E-state index contributed by atoms with van der Waals surface area (Å²) >= 11 is 0. The number of nitrogens with zero attached hydrogens (tertiary/aromatic N) is 1. The van der Waals surface area contributed by atoms with Gasteiger partial charge in [-0.25, -0.2) is 12.8 Å². The van der Waals surface area contributed by atoms with Gasteiger partial charge in [0, 0.05) is 6.54 Å². The lowest BCUT2D eigenvalue weighted by atomic mass is 9.82. The summed E-state index contributed by atoms with van der Waals surface area (Å²) < 4.78 is 44.9. The lowest BCUT2D eigenvalue weighted by Gasteiger charge is -2.27. The topological polar surface area (TPSA) is 63.7 Å². The second-order valence-corrected chi connectivity index (χ2v) is 8.19. The second kappa shape index (κ2) is 6.57. The molecular formula is C16H22FNO4S. The van der Waals surface area contributed by atoms with Gasteiger partial charge in [0.2, 0.25) is 10.0 Å². The van der Waals surface area contributed by atoms with E-state index in [1.165, 1.54) is 23.5 Å². The Kier molecular flexibility index (Phi) is 5.10. The van der Waals surface area contributed by atoms with Crippen molar-refractivity contribution in [1.29, 1.82) is 0 Å². The van der Waals surface area contributed by atoms with Crippen molar-refractivity contribution in [3.05, 3.63) is 30.1 Å². The third-order valence-electron chi connectivity index (χ3n) is 4.43. The molecule has 0 spiro atoms. The summed E-state index contributed by atoms with van der Waals surface area (Å²) in [6.07, 6.45) is 0. The molecule has 23 heavy (non-hydrogen) atoms. The highest BCUT2D eigenvalue weighted by atomic mass is 32.2. The molecule has 0 radical (unpaired) electrons. The van der Waals surface area contributed by atoms with E-state index in [2.05, 4.69) is 0 Å². The van der Waals surface area contributed by atoms with Crippen LogP contribution in [0.4, 0.5) is 4.39 Å². The monoisotopic (exact) mass is 343 g/mol. The van der Waals surface area contributed by atoms with Crippen molar-refractivity contribution in [3.8, 4) is 0 Å². The Morgan fingerprint density at radius 2 is 1.87 bits per heavy atom. The molecule has 1 aromatic rings. The molecule has 0 bridgehead atoms. The number of sulfonamides is 1. The molecule has 1 saturated heterocycles. The van der Waals surface area contributed by atoms with Crippen LogP contribution in [0.15, 0.2) is 29.2 Å². The van der Waals surface area contributed by atoms with E-state index in [0.717, 1.165) is 12.1 Å². The SMILES string of the molecule is COC(=O)[C@@H]1[C@@H](C(C)C)[C@@H](C)CN1S(=O)(=O)c1ccc(F)cc1. The zero-order valence-electron chi connectivity index (χ0n) is 13.7. The average Bonchev–Trinajstić information content (AvgIpc) is 2.85. The van der Waals surface area contributed by atoms with Crippen LogP contribution in [0.1, 0.15) is 20.8 Å². The van der Waals surface area contributed by atoms with Gasteiger partial charge < -0.3 is 4.74 Å². The minimum absolute atomic E-state index is 0.0225. The van der Waals surface area contributed by atoms with Crippen molar-refractivity contribution >= 4 is 16.0 Å². The highest BCUT2D eigenvalue weighted by Gasteiger charge is 2.50. The number of esters is 1. The van der Waals surface area contributed by atoms with Crippen molar-refractivity contribution < 1.29 is 22.3 Å². The third-order valence-corrected chi connectivity index (χ3v) is 6.29. The molecule has 0 N–H and O–H groups in total. The largest absolute Gasteiger partial charge is 0.468 e. The summed E-state index contributed by atoms with van der Waals surface area (Å²) in [6, 6.07) is 3.77. The summed E-state index contributed by atoms with van der Waals surface area (Å²) in [6.45, 7) is 6.10. The number of hydrogen-bond acceptors (Lipinski definition) is 4. The molecular weight excluding hydrogens is 321 g/mol. The van der Waals surface area contributed by atoms with E-state index in [0.29, 0.717) is 0 Å². The van der Waals surface area contributed by atoms with Crippen LogP contribution >= 0.6 is 0 Å². The first-order valence-corrected chi connectivity index (χ1v) is 8.99. The van der Waals surface area contributed by atoms with Gasteiger partial charge in [0.1, 0.15) is 11.9 Å². The minimum atomic E-state index is -3.89. The van der Waals surface area contributed by atoms with Gasteiger partial charge in [-0.3, -0.25) is 4.79 Å². The van der Waals surface area contributed by atoms with E-state index in [1.54, 1.807) is 0 Å². The molecule has 5 nitrogen and oxygen atoms in total. The number of carbonyl (C=O) groups is 1. The van der Waals surface area contributed by atoms with Crippen LogP contribution in [0.25, 0.3) is 0 Å². The smallest absolute Gasteiger partial charge is 0.324 e.